The Bertz CT molecular complexity index is 918. The number of ether oxygens (including phenoxy) is 2. The van der Waals surface area contributed by atoms with Crippen LogP contribution in [0.25, 0.3) is 0 Å². The number of nitrogens with zero attached hydrogens (tertiary/aromatic N) is 2. The number of benzene rings is 2. The normalized spacial score (nSPS) is 9.89. The van der Waals surface area contributed by atoms with Gasteiger partial charge in [-0.25, -0.2) is 0 Å². The molecule has 0 radical (unpaired) electrons. The van der Waals surface area contributed by atoms with Crippen molar-refractivity contribution in [1.82, 2.24) is 4.98 Å². The van der Waals surface area contributed by atoms with Crippen LogP contribution in [0.15, 0.2) is 73.1 Å². The molecule has 1 heterocycles. The van der Waals surface area contributed by atoms with Crippen molar-refractivity contribution in [2.24, 2.45) is 0 Å². The topological polar surface area (TPSA) is 84.2 Å². The highest BCUT2D eigenvalue weighted by Crippen LogP contribution is 2.22. The Labute approximate surface area is 157 Å². The molecule has 6 heteroatoms. The van der Waals surface area contributed by atoms with Gasteiger partial charge in [0.2, 0.25) is 0 Å². The number of hydrogen-bond acceptors (Lipinski definition) is 5. The van der Waals surface area contributed by atoms with Gasteiger partial charge in [-0.15, -0.1) is 0 Å². The third-order valence-corrected chi connectivity index (χ3v) is 3.60. The number of nitriles is 1. The SMILES string of the molecule is N#CCc1ccc(OCC(=O)Nc2ccc(Oc3ccncc3)cc2)cc1. The summed E-state index contributed by atoms with van der Waals surface area (Å²) < 4.78 is 11.1. The molecule has 0 bridgehead atoms. The maximum Gasteiger partial charge on any atom is 0.262 e. The lowest BCUT2D eigenvalue weighted by atomic mass is 10.2. The van der Waals surface area contributed by atoms with Gasteiger partial charge in [0.15, 0.2) is 6.61 Å². The Hall–Kier alpha value is -3.85. The van der Waals surface area contributed by atoms with E-state index in [1.807, 2.05) is 0 Å². The number of pyridine rings is 1. The Morgan fingerprint density at radius 2 is 1.56 bits per heavy atom. The summed E-state index contributed by atoms with van der Waals surface area (Å²) in [6.45, 7) is -0.104. The first-order valence-electron chi connectivity index (χ1n) is 8.29. The van der Waals surface area contributed by atoms with Gasteiger partial charge in [-0.05, 0) is 54.1 Å². The van der Waals surface area contributed by atoms with E-state index < -0.39 is 0 Å². The van der Waals surface area contributed by atoms with Crippen LogP contribution in [0.5, 0.6) is 17.2 Å². The van der Waals surface area contributed by atoms with Crippen LogP contribution < -0.4 is 14.8 Å². The minimum atomic E-state index is -0.265. The molecule has 0 aliphatic carbocycles. The number of carbonyl (C=O) groups excluding carboxylic acids is 1. The molecule has 1 N–H and O–H groups in total. The molecule has 0 saturated heterocycles. The molecule has 0 saturated carbocycles. The van der Waals surface area contributed by atoms with E-state index in [0.29, 0.717) is 29.4 Å². The minimum absolute atomic E-state index is 0.104. The summed E-state index contributed by atoms with van der Waals surface area (Å²) in [6, 6.07) is 19.7. The van der Waals surface area contributed by atoms with E-state index in [9.17, 15) is 4.79 Å². The Balaban J connectivity index is 1.48. The summed E-state index contributed by atoms with van der Waals surface area (Å²) in [7, 11) is 0. The van der Waals surface area contributed by atoms with Gasteiger partial charge in [-0.2, -0.15) is 5.26 Å². The molecule has 27 heavy (non-hydrogen) atoms. The Morgan fingerprint density at radius 1 is 0.926 bits per heavy atom. The van der Waals surface area contributed by atoms with Gasteiger partial charge in [0.25, 0.3) is 5.91 Å². The maximum absolute atomic E-state index is 12.0. The summed E-state index contributed by atoms with van der Waals surface area (Å²) in [4.78, 5) is 15.9. The first-order chi connectivity index (χ1) is 13.2. The lowest BCUT2D eigenvalue weighted by Gasteiger charge is -2.09. The summed E-state index contributed by atoms with van der Waals surface area (Å²) in [5.74, 6) is 1.66. The maximum atomic E-state index is 12.0. The van der Waals surface area contributed by atoms with Crippen LogP contribution in [-0.2, 0) is 11.2 Å². The number of carbonyl (C=O) groups is 1. The third-order valence-electron chi connectivity index (χ3n) is 3.60. The fourth-order valence-corrected chi connectivity index (χ4v) is 2.29. The van der Waals surface area contributed by atoms with Gasteiger partial charge in [0, 0.05) is 18.1 Å². The molecule has 0 aliphatic rings. The standard InChI is InChI=1S/C21H17N3O3/c22-12-9-16-1-5-18(6-2-16)26-15-21(25)24-17-3-7-19(8-4-17)27-20-10-13-23-14-11-20/h1-8,10-11,13-14H,9,15H2,(H,24,25). The summed E-state index contributed by atoms with van der Waals surface area (Å²) >= 11 is 0. The fourth-order valence-electron chi connectivity index (χ4n) is 2.29. The highest BCUT2D eigenvalue weighted by Gasteiger charge is 2.05. The molecule has 1 aromatic heterocycles. The number of aromatic nitrogens is 1. The summed E-state index contributed by atoms with van der Waals surface area (Å²) in [6.07, 6.45) is 3.66. The van der Waals surface area contributed by atoms with Gasteiger partial charge < -0.3 is 14.8 Å². The zero-order valence-corrected chi connectivity index (χ0v) is 14.5. The molecule has 0 spiro atoms. The molecule has 134 valence electrons. The van der Waals surface area contributed by atoms with Crippen LogP contribution in [0.4, 0.5) is 5.69 Å². The minimum Gasteiger partial charge on any atom is -0.484 e. The van der Waals surface area contributed by atoms with E-state index in [-0.39, 0.29) is 12.5 Å². The summed E-state index contributed by atoms with van der Waals surface area (Å²) in [5, 5.41) is 11.4. The lowest BCUT2D eigenvalue weighted by molar-refractivity contribution is -0.118. The van der Waals surface area contributed by atoms with Crippen LogP contribution in [0.2, 0.25) is 0 Å². The first kappa shape index (κ1) is 18.0. The fraction of sp³-hybridized carbons (Fsp3) is 0.0952. The predicted octanol–water partition coefficient (Wildman–Crippen LogP) is 3.96. The van der Waals surface area contributed by atoms with Gasteiger partial charge in [0.1, 0.15) is 17.2 Å². The van der Waals surface area contributed by atoms with Crippen molar-refractivity contribution in [1.29, 1.82) is 5.26 Å². The zero-order valence-electron chi connectivity index (χ0n) is 14.5. The van der Waals surface area contributed by atoms with Crippen LogP contribution >= 0.6 is 0 Å². The largest absolute Gasteiger partial charge is 0.484 e. The molecular formula is C21H17N3O3. The van der Waals surface area contributed by atoms with Crippen molar-refractivity contribution in [3.05, 3.63) is 78.6 Å². The summed E-state index contributed by atoms with van der Waals surface area (Å²) in [5.41, 5.74) is 1.55. The number of anilines is 1. The second-order valence-corrected chi connectivity index (χ2v) is 5.63. The average molecular weight is 359 g/mol. The van der Waals surface area contributed by atoms with E-state index in [1.165, 1.54) is 0 Å². The van der Waals surface area contributed by atoms with E-state index in [1.54, 1.807) is 73.1 Å². The molecule has 3 rings (SSSR count). The predicted molar refractivity (Wildman–Crippen MR) is 101 cm³/mol. The van der Waals surface area contributed by atoms with Crippen LogP contribution in [0.1, 0.15) is 5.56 Å². The monoisotopic (exact) mass is 359 g/mol. The molecule has 2 aromatic carbocycles. The highest BCUT2D eigenvalue weighted by molar-refractivity contribution is 5.91. The van der Waals surface area contributed by atoms with Crippen LogP contribution in [0.3, 0.4) is 0 Å². The zero-order chi connectivity index (χ0) is 18.9. The number of rotatable bonds is 7. The van der Waals surface area contributed by atoms with Crippen molar-refractivity contribution < 1.29 is 14.3 Å². The van der Waals surface area contributed by atoms with Crippen molar-refractivity contribution >= 4 is 11.6 Å². The molecule has 0 atom stereocenters. The second-order valence-electron chi connectivity index (χ2n) is 5.63. The van der Waals surface area contributed by atoms with E-state index in [2.05, 4.69) is 16.4 Å². The Kier molecular flexibility index (Phi) is 6.00. The molecule has 1 amide bonds. The van der Waals surface area contributed by atoms with E-state index >= 15 is 0 Å². The average Bonchev–Trinajstić information content (AvgIpc) is 2.70. The number of amides is 1. The lowest BCUT2D eigenvalue weighted by Crippen LogP contribution is -2.20. The molecule has 0 aliphatic heterocycles. The van der Waals surface area contributed by atoms with Gasteiger partial charge in [-0.3, -0.25) is 9.78 Å². The van der Waals surface area contributed by atoms with Gasteiger partial charge in [-0.1, -0.05) is 12.1 Å². The van der Waals surface area contributed by atoms with Gasteiger partial charge in [0.05, 0.1) is 12.5 Å². The number of hydrogen-bond donors (Lipinski definition) is 1. The molecular weight excluding hydrogens is 342 g/mol. The third kappa shape index (κ3) is 5.58. The van der Waals surface area contributed by atoms with E-state index in [4.69, 9.17) is 14.7 Å². The van der Waals surface area contributed by atoms with E-state index in [0.717, 1.165) is 5.56 Å². The highest BCUT2D eigenvalue weighted by atomic mass is 16.5. The van der Waals surface area contributed by atoms with Crippen LogP contribution in [0, 0.1) is 11.3 Å². The molecule has 0 unspecified atom stereocenters. The van der Waals surface area contributed by atoms with Crippen molar-refractivity contribution in [3.63, 3.8) is 0 Å². The molecule has 6 nitrogen and oxygen atoms in total. The molecule has 0 fully saturated rings. The quantitative estimate of drug-likeness (QED) is 0.690. The molecule has 3 aromatic rings. The first-order valence-corrected chi connectivity index (χ1v) is 8.29. The van der Waals surface area contributed by atoms with Crippen molar-refractivity contribution in [3.8, 4) is 23.3 Å². The van der Waals surface area contributed by atoms with Gasteiger partial charge >= 0.3 is 0 Å². The van der Waals surface area contributed by atoms with Crippen LogP contribution in [-0.4, -0.2) is 17.5 Å². The number of nitrogens with one attached hydrogen (secondary N) is 1. The van der Waals surface area contributed by atoms with Crippen molar-refractivity contribution in [2.75, 3.05) is 11.9 Å². The smallest absolute Gasteiger partial charge is 0.262 e. The second kappa shape index (κ2) is 9.02. The Morgan fingerprint density at radius 3 is 2.22 bits per heavy atom. The van der Waals surface area contributed by atoms with Crippen molar-refractivity contribution in [2.45, 2.75) is 6.42 Å².